The molecular formula is H3BNNaO5. The second-order valence-corrected chi connectivity index (χ2v) is 0.421. The fourth-order valence-electron chi connectivity index (χ4n) is 0. The van der Waals surface area contributed by atoms with E-state index in [1.54, 1.807) is 0 Å². The Morgan fingerprint density at radius 1 is 1.38 bits per heavy atom. The first-order valence-corrected chi connectivity index (χ1v) is 1.14. The first-order chi connectivity index (χ1) is 3.15. The first kappa shape index (κ1) is 15.8. The second-order valence-electron chi connectivity index (χ2n) is 0.421. The summed E-state index contributed by atoms with van der Waals surface area (Å²) in [6.45, 7) is 0. The van der Waals surface area contributed by atoms with E-state index in [0.717, 1.165) is 5.34 Å². The summed E-state index contributed by atoms with van der Waals surface area (Å²) in [4.78, 5) is 8.00. The summed E-state index contributed by atoms with van der Waals surface area (Å²) in [5.41, 5.74) is 0. The summed E-state index contributed by atoms with van der Waals surface area (Å²) >= 11 is 0. The zero-order valence-corrected chi connectivity index (χ0v) is 6.18. The Hall–Kier alpha value is 0.345. The molecule has 0 amide bonds. The van der Waals surface area contributed by atoms with E-state index >= 15 is 0 Å². The summed E-state index contributed by atoms with van der Waals surface area (Å²) < 4.78 is 0. The largest absolute Gasteiger partial charge is 1.00 e. The Kier molecular flexibility index (Phi) is 30.9. The molecule has 0 unspecified atom stereocenters. The van der Waals surface area contributed by atoms with Gasteiger partial charge in [0.2, 0.25) is 0 Å². The number of rotatable bonds is 0. The molecule has 0 aromatic heterocycles. The van der Waals surface area contributed by atoms with Crippen molar-refractivity contribution in [1.82, 2.24) is 0 Å². The zero-order valence-electron chi connectivity index (χ0n) is 4.18. The molecule has 0 aliphatic heterocycles. The maximum absolute atomic E-state index is 8.00. The Bertz CT molecular complexity index is 36.7. The van der Waals surface area contributed by atoms with E-state index in [4.69, 9.17) is 25.2 Å². The van der Waals surface area contributed by atoms with Gasteiger partial charge in [-0.05, 0) is 0 Å². The quantitative estimate of drug-likeness (QED) is 0.173. The van der Waals surface area contributed by atoms with Crippen molar-refractivity contribution in [2.45, 2.75) is 0 Å². The molecule has 0 bridgehead atoms. The molecule has 0 spiro atoms. The van der Waals surface area contributed by atoms with Crippen molar-refractivity contribution in [3.05, 3.63) is 10.1 Å². The fourth-order valence-corrected chi connectivity index (χ4v) is 0. The third-order valence-electron chi connectivity index (χ3n) is 0. The predicted molar refractivity (Wildman–Crippen MR) is 21.6 cm³/mol. The van der Waals surface area contributed by atoms with Crippen LogP contribution in [-0.2, 0) is 0 Å². The monoisotopic (exact) mass is 131 g/mol. The van der Waals surface area contributed by atoms with Crippen molar-refractivity contribution in [3.63, 3.8) is 0 Å². The van der Waals surface area contributed by atoms with E-state index in [1.807, 2.05) is 0 Å². The van der Waals surface area contributed by atoms with Gasteiger partial charge in [-0.2, -0.15) is 0 Å². The van der Waals surface area contributed by atoms with Gasteiger partial charge in [0.25, 0.3) is 0 Å². The van der Waals surface area contributed by atoms with Gasteiger partial charge in [0.15, 0.2) is 0 Å². The summed E-state index contributed by atoms with van der Waals surface area (Å²) in [7, 11) is -2.17. The average Bonchev–Trinajstić information content (AvgIpc) is 1.33. The molecule has 0 fully saturated rings. The van der Waals surface area contributed by atoms with E-state index in [-0.39, 0.29) is 29.6 Å². The van der Waals surface area contributed by atoms with Crippen LogP contribution in [0.1, 0.15) is 0 Å². The number of hydrogen-bond acceptors (Lipinski definition) is 6. The van der Waals surface area contributed by atoms with Crippen LogP contribution in [0.5, 0.6) is 0 Å². The zero-order chi connectivity index (χ0) is 6.28. The molecule has 0 aromatic rings. The van der Waals surface area contributed by atoms with E-state index in [9.17, 15) is 0 Å². The molecule has 0 radical (unpaired) electrons. The van der Waals surface area contributed by atoms with E-state index in [2.05, 4.69) is 0 Å². The minimum atomic E-state index is -2.17. The van der Waals surface area contributed by atoms with Gasteiger partial charge in [-0.25, -0.2) is 0 Å². The van der Waals surface area contributed by atoms with Crippen molar-refractivity contribution in [2.75, 3.05) is 0 Å². The predicted octanol–water partition coefficient (Wildman–Crippen LogP) is -4.80. The first-order valence-electron chi connectivity index (χ1n) is 1.14. The molecule has 0 saturated heterocycles. The number of nitrogens with zero attached hydrogens (tertiary/aromatic N) is 1. The average molecular weight is 131 g/mol. The third-order valence-corrected chi connectivity index (χ3v) is 0. The van der Waals surface area contributed by atoms with Gasteiger partial charge in [-0.3, -0.25) is 0 Å². The van der Waals surface area contributed by atoms with Crippen LogP contribution >= 0.6 is 0 Å². The molecule has 8 heavy (non-hydrogen) atoms. The molecule has 8 heteroatoms. The Labute approximate surface area is 67.5 Å². The van der Waals surface area contributed by atoms with Crippen molar-refractivity contribution < 1.29 is 44.6 Å². The summed E-state index contributed by atoms with van der Waals surface area (Å²) in [6, 6.07) is 0. The summed E-state index contributed by atoms with van der Waals surface area (Å²) in [5.74, 6) is 0. The van der Waals surface area contributed by atoms with Crippen molar-refractivity contribution in [2.24, 2.45) is 5.34 Å². The molecule has 42 valence electrons. The van der Waals surface area contributed by atoms with Gasteiger partial charge >= 0.3 is 36.9 Å². The summed E-state index contributed by atoms with van der Waals surface area (Å²) in [5, 5.41) is 30.5. The molecule has 0 atom stereocenters. The molecule has 0 aromatic carbocycles. The second kappa shape index (κ2) is 15.7. The summed E-state index contributed by atoms with van der Waals surface area (Å²) in [6.07, 6.45) is 0. The molecule has 6 nitrogen and oxygen atoms in total. The fraction of sp³-hybridized carbons (Fsp3) is 0. The van der Waals surface area contributed by atoms with Crippen LogP contribution in [0.2, 0.25) is 0 Å². The topological polar surface area (TPSA) is 113 Å². The van der Waals surface area contributed by atoms with Crippen molar-refractivity contribution in [3.8, 4) is 0 Å². The van der Waals surface area contributed by atoms with Crippen LogP contribution in [0.4, 0.5) is 0 Å². The SMILES string of the molecule is O=N[O-].OB(O)O.[Na+]. The van der Waals surface area contributed by atoms with Gasteiger partial charge in [0.05, 0.1) is 0 Å². The van der Waals surface area contributed by atoms with Gasteiger partial charge < -0.3 is 25.2 Å². The van der Waals surface area contributed by atoms with Gasteiger partial charge in [0, 0.05) is 0 Å². The Balaban J connectivity index is -0.0000000575. The molecule has 3 N–H and O–H groups in total. The van der Waals surface area contributed by atoms with Gasteiger partial charge in [0.1, 0.15) is 0 Å². The minimum absolute atomic E-state index is 0. The van der Waals surface area contributed by atoms with Crippen molar-refractivity contribution in [1.29, 1.82) is 0 Å². The van der Waals surface area contributed by atoms with Crippen LogP contribution in [-0.4, -0.2) is 22.4 Å². The maximum atomic E-state index is 8.00. The van der Waals surface area contributed by atoms with Gasteiger partial charge in [-0.15, -0.1) is 5.34 Å². The molecule has 0 saturated carbocycles. The van der Waals surface area contributed by atoms with Crippen LogP contribution < -0.4 is 29.6 Å². The van der Waals surface area contributed by atoms with Crippen molar-refractivity contribution >= 4 is 7.32 Å². The standard InChI is InChI=1S/BH3O3.HNO2.Na/c2-1(3)4;2-1-3;/h2-4H;(H,2,3);/q;;+1/p-1. The Morgan fingerprint density at radius 3 is 1.38 bits per heavy atom. The molecule has 0 rings (SSSR count). The number of hydrogen-bond donors (Lipinski definition) is 3. The van der Waals surface area contributed by atoms with Crippen LogP contribution in [0, 0.1) is 10.1 Å². The van der Waals surface area contributed by atoms with Crippen LogP contribution in [0.3, 0.4) is 0 Å². The van der Waals surface area contributed by atoms with Crippen LogP contribution in [0.25, 0.3) is 0 Å². The van der Waals surface area contributed by atoms with Gasteiger partial charge in [-0.1, -0.05) is 0 Å². The van der Waals surface area contributed by atoms with Crippen LogP contribution in [0.15, 0.2) is 5.34 Å². The van der Waals surface area contributed by atoms with E-state index in [1.165, 1.54) is 0 Å². The Morgan fingerprint density at radius 2 is 1.38 bits per heavy atom. The minimum Gasteiger partial charge on any atom is -0.444 e. The molecule has 0 heterocycles. The molecular weight excluding hydrogens is 128 g/mol. The van der Waals surface area contributed by atoms with E-state index in [0.29, 0.717) is 0 Å². The van der Waals surface area contributed by atoms with E-state index < -0.39 is 7.32 Å². The molecule has 0 aliphatic rings. The maximum Gasteiger partial charge on any atom is 1.00 e. The third kappa shape index (κ3) is 1520. The normalized spacial score (nSPS) is 4.88. The molecule has 0 aliphatic carbocycles. The smallest absolute Gasteiger partial charge is 0.444 e.